The van der Waals surface area contributed by atoms with Crippen molar-refractivity contribution >= 4 is 26.0 Å². The summed E-state index contributed by atoms with van der Waals surface area (Å²) in [5, 5.41) is 9.11. The first-order chi connectivity index (χ1) is 7.84. The highest BCUT2D eigenvalue weighted by Crippen LogP contribution is 2.27. The molecule has 0 atom stereocenters. The van der Waals surface area contributed by atoms with Gasteiger partial charge in [0, 0.05) is 18.1 Å². The number of aliphatic hydroxyl groups is 1. The van der Waals surface area contributed by atoms with Crippen LogP contribution in [0.15, 0.2) is 21.5 Å². The van der Waals surface area contributed by atoms with Gasteiger partial charge in [-0.15, -0.1) is 0 Å². The van der Waals surface area contributed by atoms with Crippen molar-refractivity contribution in [1.29, 1.82) is 0 Å². The van der Waals surface area contributed by atoms with Gasteiger partial charge in [-0.3, -0.25) is 0 Å². The first-order valence-electron chi connectivity index (χ1n) is 5.20. The number of rotatable bonds is 4. The highest BCUT2D eigenvalue weighted by molar-refractivity contribution is 9.10. The van der Waals surface area contributed by atoms with Gasteiger partial charge in [0.05, 0.1) is 11.5 Å². The molecule has 0 bridgehead atoms. The lowest BCUT2D eigenvalue weighted by atomic mass is 10.2. The third-order valence-electron chi connectivity index (χ3n) is 2.67. The van der Waals surface area contributed by atoms with E-state index < -0.39 is 10.0 Å². The molecule has 0 saturated heterocycles. The van der Waals surface area contributed by atoms with E-state index in [0.717, 1.165) is 0 Å². The van der Waals surface area contributed by atoms with Gasteiger partial charge in [-0.2, -0.15) is 0 Å². The lowest BCUT2D eigenvalue weighted by Crippen LogP contribution is -2.27. The summed E-state index contributed by atoms with van der Waals surface area (Å²) in [5.74, 6) is 0. The molecule has 0 spiro atoms. The van der Waals surface area contributed by atoms with Crippen molar-refractivity contribution in [2.24, 2.45) is 0 Å². The highest BCUT2D eigenvalue weighted by Gasteiger charge is 2.23. The summed E-state index contributed by atoms with van der Waals surface area (Å²) in [6, 6.07) is 3.24. The number of nitrogens with zero attached hydrogens (tertiary/aromatic N) is 1. The van der Waals surface area contributed by atoms with Crippen molar-refractivity contribution in [2.75, 3.05) is 13.6 Å². The minimum Gasteiger partial charge on any atom is -0.392 e. The van der Waals surface area contributed by atoms with Crippen LogP contribution in [0.1, 0.15) is 18.1 Å². The van der Waals surface area contributed by atoms with Gasteiger partial charge in [-0.1, -0.05) is 22.9 Å². The molecule has 0 heterocycles. The highest BCUT2D eigenvalue weighted by atomic mass is 79.9. The first kappa shape index (κ1) is 14.6. The Hall–Kier alpha value is -0.430. The summed E-state index contributed by atoms with van der Waals surface area (Å²) in [7, 11) is -1.95. The number of aliphatic hydroxyl groups excluding tert-OH is 1. The number of benzene rings is 1. The van der Waals surface area contributed by atoms with E-state index in [0.29, 0.717) is 22.1 Å². The van der Waals surface area contributed by atoms with Crippen molar-refractivity contribution in [3.63, 3.8) is 0 Å². The molecule has 1 rings (SSSR count). The summed E-state index contributed by atoms with van der Waals surface area (Å²) >= 11 is 3.31. The Labute approximate surface area is 110 Å². The van der Waals surface area contributed by atoms with Gasteiger partial charge in [-0.05, 0) is 30.2 Å². The smallest absolute Gasteiger partial charge is 0.243 e. The van der Waals surface area contributed by atoms with Crippen molar-refractivity contribution in [1.82, 2.24) is 4.31 Å². The van der Waals surface area contributed by atoms with Crippen LogP contribution in [0.4, 0.5) is 0 Å². The first-order valence-corrected chi connectivity index (χ1v) is 7.44. The Morgan fingerprint density at radius 3 is 2.47 bits per heavy atom. The third kappa shape index (κ3) is 2.88. The quantitative estimate of drug-likeness (QED) is 0.921. The summed E-state index contributed by atoms with van der Waals surface area (Å²) < 4.78 is 26.4. The molecule has 0 unspecified atom stereocenters. The van der Waals surface area contributed by atoms with E-state index in [4.69, 9.17) is 5.11 Å². The Morgan fingerprint density at radius 1 is 1.41 bits per heavy atom. The molecule has 0 aromatic heterocycles. The molecule has 0 aliphatic rings. The molecule has 0 fully saturated rings. The van der Waals surface area contributed by atoms with Crippen LogP contribution < -0.4 is 0 Å². The fraction of sp³-hybridized carbons (Fsp3) is 0.455. The standard InChI is InChI=1S/C11H16BrNO3S/c1-4-13(3)17(15,16)11-6-9(7-14)5-10(12)8(11)2/h5-6,14H,4,7H2,1-3H3. The maximum absolute atomic E-state index is 12.2. The van der Waals surface area contributed by atoms with E-state index in [-0.39, 0.29) is 11.5 Å². The average molecular weight is 322 g/mol. The van der Waals surface area contributed by atoms with Crippen molar-refractivity contribution < 1.29 is 13.5 Å². The Bertz CT molecular complexity index is 514. The molecule has 0 aliphatic carbocycles. The average Bonchev–Trinajstić information content (AvgIpc) is 2.30. The van der Waals surface area contributed by atoms with Crippen molar-refractivity contribution in [3.05, 3.63) is 27.7 Å². The second-order valence-electron chi connectivity index (χ2n) is 3.78. The monoisotopic (exact) mass is 321 g/mol. The van der Waals surface area contributed by atoms with Gasteiger partial charge < -0.3 is 5.11 Å². The second kappa shape index (κ2) is 5.48. The largest absolute Gasteiger partial charge is 0.392 e. The summed E-state index contributed by atoms with van der Waals surface area (Å²) in [5.41, 5.74) is 1.23. The van der Waals surface area contributed by atoms with E-state index in [9.17, 15) is 8.42 Å². The van der Waals surface area contributed by atoms with Crippen LogP contribution in [-0.4, -0.2) is 31.4 Å². The van der Waals surface area contributed by atoms with E-state index in [2.05, 4.69) is 15.9 Å². The van der Waals surface area contributed by atoms with Crippen molar-refractivity contribution in [2.45, 2.75) is 25.3 Å². The topological polar surface area (TPSA) is 57.6 Å². The van der Waals surface area contributed by atoms with E-state index in [1.54, 1.807) is 19.9 Å². The molecule has 4 nitrogen and oxygen atoms in total. The maximum atomic E-state index is 12.2. The minimum atomic E-state index is -3.48. The second-order valence-corrected chi connectivity index (χ2v) is 6.65. The van der Waals surface area contributed by atoms with Crippen LogP contribution in [-0.2, 0) is 16.6 Å². The molecule has 1 N–H and O–H groups in total. The number of hydrogen-bond donors (Lipinski definition) is 1. The van der Waals surface area contributed by atoms with Gasteiger partial charge in [0.25, 0.3) is 0 Å². The lowest BCUT2D eigenvalue weighted by molar-refractivity contribution is 0.281. The fourth-order valence-corrected chi connectivity index (χ4v) is 3.52. The summed E-state index contributed by atoms with van der Waals surface area (Å²) in [6.07, 6.45) is 0. The Balaban J connectivity index is 3.45. The SMILES string of the molecule is CCN(C)S(=O)(=O)c1cc(CO)cc(Br)c1C. The van der Waals surface area contributed by atoms with Crippen LogP contribution >= 0.6 is 15.9 Å². The van der Waals surface area contributed by atoms with E-state index in [1.165, 1.54) is 17.4 Å². The van der Waals surface area contributed by atoms with Crippen LogP contribution in [0.25, 0.3) is 0 Å². The third-order valence-corrected chi connectivity index (χ3v) is 5.55. The Morgan fingerprint density at radius 2 is 2.00 bits per heavy atom. The predicted octanol–water partition coefficient (Wildman–Crippen LogP) is 1.89. The zero-order valence-electron chi connectivity index (χ0n) is 10.1. The molecule has 1 aromatic rings. The predicted molar refractivity (Wildman–Crippen MR) is 70.3 cm³/mol. The number of hydrogen-bond acceptors (Lipinski definition) is 3. The number of halogens is 1. The fourth-order valence-electron chi connectivity index (χ4n) is 1.40. The molecular formula is C11H16BrNO3S. The van der Waals surface area contributed by atoms with Crippen molar-refractivity contribution in [3.8, 4) is 0 Å². The van der Waals surface area contributed by atoms with Gasteiger partial charge in [-0.25, -0.2) is 12.7 Å². The zero-order chi connectivity index (χ0) is 13.2. The maximum Gasteiger partial charge on any atom is 0.243 e. The van der Waals surface area contributed by atoms with Gasteiger partial charge >= 0.3 is 0 Å². The van der Waals surface area contributed by atoms with Gasteiger partial charge in [0.1, 0.15) is 0 Å². The van der Waals surface area contributed by atoms with E-state index >= 15 is 0 Å². The molecule has 0 aliphatic heterocycles. The molecule has 6 heteroatoms. The molecular weight excluding hydrogens is 306 g/mol. The van der Waals surface area contributed by atoms with Crippen LogP contribution in [0, 0.1) is 6.92 Å². The van der Waals surface area contributed by atoms with Gasteiger partial charge in [0.2, 0.25) is 10.0 Å². The normalized spacial score (nSPS) is 12.1. The zero-order valence-corrected chi connectivity index (χ0v) is 12.5. The molecule has 96 valence electrons. The van der Waals surface area contributed by atoms with Gasteiger partial charge in [0.15, 0.2) is 0 Å². The van der Waals surface area contributed by atoms with Crippen LogP contribution in [0.5, 0.6) is 0 Å². The summed E-state index contributed by atoms with van der Waals surface area (Å²) in [4.78, 5) is 0.236. The molecule has 0 saturated carbocycles. The molecule has 1 aromatic carbocycles. The van der Waals surface area contributed by atoms with E-state index in [1.807, 2.05) is 0 Å². The van der Waals surface area contributed by atoms with Crippen LogP contribution in [0.2, 0.25) is 0 Å². The van der Waals surface area contributed by atoms with Crippen LogP contribution in [0.3, 0.4) is 0 Å². The molecule has 0 radical (unpaired) electrons. The number of sulfonamides is 1. The lowest BCUT2D eigenvalue weighted by Gasteiger charge is -2.18. The molecule has 17 heavy (non-hydrogen) atoms. The molecule has 0 amide bonds. The summed E-state index contributed by atoms with van der Waals surface area (Å²) in [6.45, 7) is 3.74. The Kier molecular flexibility index (Phi) is 4.71. The minimum absolute atomic E-state index is 0.183.